The summed E-state index contributed by atoms with van der Waals surface area (Å²) in [6.45, 7) is 3.54. The largest absolute Gasteiger partial charge is 0.394 e. The number of allylic oxidation sites excluding steroid dienone is 3. The van der Waals surface area contributed by atoms with Gasteiger partial charge in [-0.1, -0.05) is 179 Å². The minimum Gasteiger partial charge on any atom is -0.394 e. The van der Waals surface area contributed by atoms with E-state index in [1.807, 2.05) is 12.2 Å². The average molecular weight is 742 g/mol. The summed E-state index contributed by atoms with van der Waals surface area (Å²) in [4.78, 5) is 13.0. The van der Waals surface area contributed by atoms with Crippen LogP contribution < -0.4 is 5.32 Å². The number of ether oxygens (including phenoxy) is 2. The second kappa shape index (κ2) is 33.0. The molecule has 1 aliphatic rings. The predicted molar refractivity (Wildman–Crippen MR) is 209 cm³/mol. The number of amides is 1. The second-order valence-electron chi connectivity index (χ2n) is 15.0. The maximum atomic E-state index is 13.0. The smallest absolute Gasteiger partial charge is 0.249 e. The third kappa shape index (κ3) is 23.4. The lowest BCUT2D eigenvalue weighted by molar-refractivity contribution is -0.302. The molecule has 0 bridgehead atoms. The molecule has 52 heavy (non-hydrogen) atoms. The van der Waals surface area contributed by atoms with Gasteiger partial charge in [0.15, 0.2) is 6.29 Å². The molecule has 0 radical (unpaired) electrons. The zero-order valence-corrected chi connectivity index (χ0v) is 32.9. The fraction of sp³-hybridized carbons (Fsp3) is 0.881. The quantitative estimate of drug-likeness (QED) is 0.0274. The van der Waals surface area contributed by atoms with E-state index in [9.17, 15) is 35.4 Å². The van der Waals surface area contributed by atoms with Crippen LogP contribution >= 0.6 is 0 Å². The van der Waals surface area contributed by atoms with Crippen molar-refractivity contribution in [1.29, 1.82) is 0 Å². The fourth-order valence-electron chi connectivity index (χ4n) is 6.63. The summed E-state index contributed by atoms with van der Waals surface area (Å²) < 4.78 is 11.1. The Morgan fingerprint density at radius 3 is 1.65 bits per heavy atom. The number of rotatable bonds is 34. The molecule has 306 valence electrons. The van der Waals surface area contributed by atoms with Gasteiger partial charge in [-0.05, 0) is 19.3 Å². The van der Waals surface area contributed by atoms with Crippen molar-refractivity contribution < 1.29 is 44.9 Å². The van der Waals surface area contributed by atoms with Gasteiger partial charge in [0.25, 0.3) is 0 Å². The summed E-state index contributed by atoms with van der Waals surface area (Å²) in [6, 6.07) is -1.01. The third-order valence-electron chi connectivity index (χ3n) is 10.2. The van der Waals surface area contributed by atoms with Crippen LogP contribution in [0.2, 0.25) is 0 Å². The highest BCUT2D eigenvalue weighted by Gasteiger charge is 2.44. The van der Waals surface area contributed by atoms with Crippen LogP contribution in [-0.2, 0) is 14.3 Å². The predicted octanol–water partition coefficient (Wildman–Crippen LogP) is 6.91. The van der Waals surface area contributed by atoms with Crippen molar-refractivity contribution in [3.05, 3.63) is 24.3 Å². The number of carbonyl (C=O) groups is 1. The normalized spacial score (nSPS) is 22.7. The molecule has 3 unspecified atom stereocenters. The monoisotopic (exact) mass is 742 g/mol. The Morgan fingerprint density at radius 2 is 1.15 bits per heavy atom. The van der Waals surface area contributed by atoms with E-state index in [0.29, 0.717) is 12.8 Å². The van der Waals surface area contributed by atoms with Crippen LogP contribution in [0.5, 0.6) is 0 Å². The van der Waals surface area contributed by atoms with Crippen LogP contribution in [0.25, 0.3) is 0 Å². The molecule has 1 amide bonds. The van der Waals surface area contributed by atoms with Crippen LogP contribution in [0.15, 0.2) is 24.3 Å². The first-order valence-electron chi connectivity index (χ1n) is 21.2. The van der Waals surface area contributed by atoms with E-state index in [4.69, 9.17) is 9.47 Å². The molecule has 0 aromatic rings. The summed E-state index contributed by atoms with van der Waals surface area (Å²) >= 11 is 0. The Balaban J connectivity index is 2.46. The topological polar surface area (TPSA) is 169 Å². The highest BCUT2D eigenvalue weighted by atomic mass is 16.7. The summed E-state index contributed by atoms with van der Waals surface area (Å²) in [5, 5.41) is 64.3. The van der Waals surface area contributed by atoms with E-state index in [1.165, 1.54) is 122 Å². The van der Waals surface area contributed by atoms with E-state index >= 15 is 0 Å². The number of nitrogens with one attached hydrogen (secondary N) is 1. The molecule has 1 saturated heterocycles. The van der Waals surface area contributed by atoms with Crippen molar-refractivity contribution in [2.75, 3.05) is 13.2 Å². The van der Waals surface area contributed by atoms with Gasteiger partial charge in [0.1, 0.15) is 30.5 Å². The first kappa shape index (κ1) is 48.6. The average Bonchev–Trinajstić information content (AvgIpc) is 3.14. The van der Waals surface area contributed by atoms with Crippen molar-refractivity contribution in [1.82, 2.24) is 5.32 Å². The van der Waals surface area contributed by atoms with Crippen molar-refractivity contribution in [3.8, 4) is 0 Å². The highest BCUT2D eigenvalue weighted by molar-refractivity contribution is 5.80. The van der Waals surface area contributed by atoms with Gasteiger partial charge in [-0.2, -0.15) is 0 Å². The first-order chi connectivity index (χ1) is 25.3. The molecule has 7 N–H and O–H groups in total. The Bertz CT molecular complexity index is 886. The summed E-state index contributed by atoms with van der Waals surface area (Å²) in [5.41, 5.74) is 0. The molecule has 1 heterocycles. The van der Waals surface area contributed by atoms with Gasteiger partial charge in [0.2, 0.25) is 5.91 Å². The van der Waals surface area contributed by atoms with Crippen molar-refractivity contribution >= 4 is 5.91 Å². The lowest BCUT2D eigenvalue weighted by Gasteiger charge is -2.40. The van der Waals surface area contributed by atoms with Gasteiger partial charge in [0.05, 0.1) is 25.4 Å². The number of hydrogen-bond donors (Lipinski definition) is 7. The molecule has 0 aromatic carbocycles. The maximum Gasteiger partial charge on any atom is 0.249 e. The number of carbonyl (C=O) groups excluding carboxylic acids is 1. The number of hydrogen-bond acceptors (Lipinski definition) is 9. The Labute approximate surface area is 316 Å². The molecule has 0 aromatic heterocycles. The number of unbranched alkanes of at least 4 members (excludes halogenated alkanes) is 22. The second-order valence-corrected chi connectivity index (χ2v) is 15.0. The Morgan fingerprint density at radius 1 is 0.673 bits per heavy atom. The molecular weight excluding hydrogens is 662 g/mol. The van der Waals surface area contributed by atoms with Crippen LogP contribution in [-0.4, -0.2) is 98.7 Å². The molecule has 10 heteroatoms. The van der Waals surface area contributed by atoms with Gasteiger partial charge in [-0.25, -0.2) is 0 Å². The minimum absolute atomic E-state index is 0.303. The van der Waals surface area contributed by atoms with Gasteiger partial charge in [0, 0.05) is 0 Å². The first-order valence-corrected chi connectivity index (χ1v) is 21.2. The van der Waals surface area contributed by atoms with Crippen molar-refractivity contribution in [3.63, 3.8) is 0 Å². The maximum absolute atomic E-state index is 13.0. The fourth-order valence-corrected chi connectivity index (χ4v) is 6.63. The zero-order chi connectivity index (χ0) is 38.2. The van der Waals surface area contributed by atoms with Gasteiger partial charge >= 0.3 is 0 Å². The Hall–Kier alpha value is -1.37. The van der Waals surface area contributed by atoms with Crippen LogP contribution in [0.3, 0.4) is 0 Å². The van der Waals surface area contributed by atoms with Crippen LogP contribution in [0, 0.1) is 0 Å². The third-order valence-corrected chi connectivity index (χ3v) is 10.2. The molecule has 0 aliphatic carbocycles. The molecular formula is C42H79NO9. The SMILES string of the molecule is CCCCCCCCC/C=C/C=C/[C@@H](O)[C@H](CO[C@@H]1O[C@H](CO)[C@@H](O)C(O)C1O)NC(=O)C(O)CCCCCCCCCCCCCCCCCC. The summed E-state index contributed by atoms with van der Waals surface area (Å²) in [6.07, 6.45) is 27.1. The van der Waals surface area contributed by atoms with E-state index in [1.54, 1.807) is 6.08 Å². The van der Waals surface area contributed by atoms with Crippen LogP contribution in [0.4, 0.5) is 0 Å². The van der Waals surface area contributed by atoms with Gasteiger partial charge in [-0.3, -0.25) is 4.79 Å². The summed E-state index contributed by atoms with van der Waals surface area (Å²) in [7, 11) is 0. The summed E-state index contributed by atoms with van der Waals surface area (Å²) in [5.74, 6) is -0.634. The van der Waals surface area contributed by atoms with E-state index < -0.39 is 61.5 Å². The molecule has 8 atom stereocenters. The zero-order valence-electron chi connectivity index (χ0n) is 32.9. The number of aliphatic hydroxyl groups is 6. The molecule has 10 nitrogen and oxygen atoms in total. The van der Waals surface area contributed by atoms with Gasteiger partial charge in [-0.15, -0.1) is 0 Å². The molecule has 0 saturated carbocycles. The van der Waals surface area contributed by atoms with E-state index in [2.05, 4.69) is 19.2 Å². The molecule has 0 spiro atoms. The molecule has 1 aliphatic heterocycles. The van der Waals surface area contributed by atoms with Crippen molar-refractivity contribution in [2.24, 2.45) is 0 Å². The Kier molecular flexibility index (Phi) is 30.9. The van der Waals surface area contributed by atoms with Gasteiger partial charge < -0.3 is 45.4 Å². The van der Waals surface area contributed by atoms with Crippen molar-refractivity contribution in [2.45, 2.75) is 223 Å². The van der Waals surface area contributed by atoms with Crippen LogP contribution in [0.1, 0.15) is 174 Å². The lowest BCUT2D eigenvalue weighted by atomic mass is 9.99. The highest BCUT2D eigenvalue weighted by Crippen LogP contribution is 2.22. The lowest BCUT2D eigenvalue weighted by Crippen LogP contribution is -2.60. The standard InChI is InChI=1S/C42H79NO9/c1-3-5-7-9-11-13-15-16-17-18-19-21-23-25-27-29-31-36(46)41(50)43-34(33-51-42-40(49)39(48)38(47)37(32-44)52-42)35(45)30-28-26-24-22-20-14-12-10-8-6-4-2/h24,26,28,30,34-40,42,44-49H,3-23,25,27,29,31-33H2,1-2H3,(H,43,50)/b26-24+,30-28+/t34-,35+,36?,37+,38+,39?,40?,42+/m0/s1. The van der Waals surface area contributed by atoms with E-state index in [-0.39, 0.29) is 6.61 Å². The number of aliphatic hydroxyl groups excluding tert-OH is 6. The molecule has 1 rings (SSSR count). The minimum atomic E-state index is -1.61. The van der Waals surface area contributed by atoms with E-state index in [0.717, 1.165) is 32.1 Å². The molecule has 1 fully saturated rings.